The molecule has 1 aliphatic rings. The molecule has 1 fully saturated rings. The molecule has 0 bridgehead atoms. The van der Waals surface area contributed by atoms with Gasteiger partial charge in [0.1, 0.15) is 6.54 Å². The Morgan fingerprint density at radius 3 is 2.44 bits per heavy atom. The molecular formula is C18H16N6O3. The fourth-order valence-electron chi connectivity index (χ4n) is 2.92. The predicted octanol–water partition coefficient (Wildman–Crippen LogP) is 1.19. The molecule has 3 aromatic rings. The maximum Gasteiger partial charge on any atom is 0.244 e. The van der Waals surface area contributed by atoms with Crippen LogP contribution in [0.5, 0.6) is 0 Å². The summed E-state index contributed by atoms with van der Waals surface area (Å²) in [6, 6.07) is 10.8. The van der Waals surface area contributed by atoms with Crippen molar-refractivity contribution in [1.29, 1.82) is 0 Å². The number of benzene rings is 1. The molecule has 0 atom stereocenters. The van der Waals surface area contributed by atoms with Gasteiger partial charge in [0.25, 0.3) is 0 Å². The average Bonchev–Trinajstić information content (AvgIpc) is 3.19. The van der Waals surface area contributed by atoms with Crippen molar-refractivity contribution in [1.82, 2.24) is 24.7 Å². The third-order valence-electron chi connectivity index (χ3n) is 4.34. The van der Waals surface area contributed by atoms with Gasteiger partial charge < -0.3 is 5.32 Å². The van der Waals surface area contributed by atoms with Crippen LogP contribution in [0.1, 0.15) is 18.7 Å². The monoisotopic (exact) mass is 364 g/mol. The highest BCUT2D eigenvalue weighted by Gasteiger charge is 2.30. The number of amides is 3. The molecule has 1 saturated heterocycles. The van der Waals surface area contributed by atoms with Crippen molar-refractivity contribution in [2.75, 3.05) is 11.9 Å². The van der Waals surface area contributed by atoms with Crippen LogP contribution in [-0.2, 0) is 14.4 Å². The fourth-order valence-corrected chi connectivity index (χ4v) is 2.92. The second kappa shape index (κ2) is 6.60. The predicted molar refractivity (Wildman–Crippen MR) is 95.5 cm³/mol. The topological polar surface area (TPSA) is 110 Å². The number of nitrogens with zero attached hydrogens (tertiary/aromatic N) is 5. The first kappa shape index (κ1) is 16.8. The zero-order valence-electron chi connectivity index (χ0n) is 14.5. The molecule has 0 spiro atoms. The summed E-state index contributed by atoms with van der Waals surface area (Å²) in [5.41, 5.74) is 2.86. The van der Waals surface area contributed by atoms with Crippen LogP contribution in [0.25, 0.3) is 16.9 Å². The second-order valence-corrected chi connectivity index (χ2v) is 6.23. The third-order valence-corrected chi connectivity index (χ3v) is 4.34. The number of carbonyl (C=O) groups excluding carboxylic acids is 3. The van der Waals surface area contributed by atoms with Crippen molar-refractivity contribution >= 4 is 29.1 Å². The summed E-state index contributed by atoms with van der Waals surface area (Å²) >= 11 is 0. The summed E-state index contributed by atoms with van der Waals surface area (Å²) in [6.45, 7) is 1.57. The van der Waals surface area contributed by atoms with Gasteiger partial charge in [0.05, 0.1) is 5.69 Å². The maximum absolute atomic E-state index is 12.1. The van der Waals surface area contributed by atoms with Crippen molar-refractivity contribution in [3.05, 3.63) is 42.2 Å². The SMILES string of the molecule is Cc1nnc2ccc(-c3ccc(NC(=O)CN4C(=O)CCC4=O)cc3)nn12. The van der Waals surface area contributed by atoms with Gasteiger partial charge in [-0.25, -0.2) is 0 Å². The molecule has 1 aliphatic heterocycles. The lowest BCUT2D eigenvalue weighted by atomic mass is 10.1. The lowest BCUT2D eigenvalue weighted by molar-refractivity contribution is -0.141. The summed E-state index contributed by atoms with van der Waals surface area (Å²) in [7, 11) is 0. The van der Waals surface area contributed by atoms with Crippen LogP contribution in [0.4, 0.5) is 5.69 Å². The Balaban J connectivity index is 1.46. The van der Waals surface area contributed by atoms with Gasteiger partial charge in [0.2, 0.25) is 17.7 Å². The highest BCUT2D eigenvalue weighted by atomic mass is 16.2. The fraction of sp³-hybridized carbons (Fsp3) is 0.222. The van der Waals surface area contributed by atoms with Crippen LogP contribution in [0.2, 0.25) is 0 Å². The van der Waals surface area contributed by atoms with Crippen molar-refractivity contribution in [3.8, 4) is 11.3 Å². The van der Waals surface area contributed by atoms with Crippen LogP contribution >= 0.6 is 0 Å². The number of rotatable bonds is 4. The highest BCUT2D eigenvalue weighted by Crippen LogP contribution is 2.20. The Kier molecular flexibility index (Phi) is 4.11. The number of anilines is 1. The lowest BCUT2D eigenvalue weighted by Gasteiger charge is -2.13. The first-order valence-electron chi connectivity index (χ1n) is 8.44. The Bertz CT molecular complexity index is 1040. The van der Waals surface area contributed by atoms with Crippen molar-refractivity contribution < 1.29 is 14.4 Å². The molecule has 9 nitrogen and oxygen atoms in total. The van der Waals surface area contributed by atoms with E-state index < -0.39 is 5.91 Å². The van der Waals surface area contributed by atoms with Gasteiger partial charge in [-0.2, -0.15) is 9.61 Å². The van der Waals surface area contributed by atoms with Crippen LogP contribution in [-0.4, -0.2) is 49.0 Å². The maximum atomic E-state index is 12.1. The molecule has 0 aliphatic carbocycles. The molecule has 1 N–H and O–H groups in total. The van der Waals surface area contributed by atoms with Crippen LogP contribution in [0.3, 0.4) is 0 Å². The Morgan fingerprint density at radius 1 is 1.04 bits per heavy atom. The van der Waals surface area contributed by atoms with Crippen LogP contribution < -0.4 is 5.32 Å². The number of aromatic nitrogens is 4. The van der Waals surface area contributed by atoms with Gasteiger partial charge in [0, 0.05) is 24.1 Å². The standard InChI is InChI=1S/C18H16N6O3/c1-11-20-21-15-7-6-14(22-24(11)15)12-2-4-13(5-3-12)19-16(25)10-23-17(26)8-9-18(23)27/h2-7H,8-10H2,1H3,(H,19,25). The quantitative estimate of drug-likeness (QED) is 0.697. The van der Waals surface area contributed by atoms with Crippen molar-refractivity contribution in [2.45, 2.75) is 19.8 Å². The number of aryl methyl sites for hydroxylation is 1. The second-order valence-electron chi connectivity index (χ2n) is 6.23. The van der Waals surface area contributed by atoms with E-state index in [2.05, 4.69) is 20.6 Å². The van der Waals surface area contributed by atoms with E-state index in [-0.39, 0.29) is 31.2 Å². The van der Waals surface area contributed by atoms with Crippen LogP contribution in [0, 0.1) is 6.92 Å². The average molecular weight is 364 g/mol. The van der Waals surface area contributed by atoms with E-state index in [0.29, 0.717) is 17.2 Å². The molecule has 0 radical (unpaired) electrons. The van der Waals surface area contributed by atoms with Gasteiger partial charge in [0.15, 0.2) is 11.5 Å². The molecule has 0 saturated carbocycles. The highest BCUT2D eigenvalue weighted by molar-refractivity contribution is 6.06. The molecule has 0 unspecified atom stereocenters. The smallest absolute Gasteiger partial charge is 0.244 e. The molecule has 9 heteroatoms. The first-order chi connectivity index (χ1) is 13.0. The number of hydrogen-bond donors (Lipinski definition) is 1. The Labute approximate surface area is 154 Å². The summed E-state index contributed by atoms with van der Waals surface area (Å²) in [4.78, 5) is 36.2. The number of nitrogens with one attached hydrogen (secondary N) is 1. The number of fused-ring (bicyclic) bond motifs is 1. The zero-order valence-corrected chi connectivity index (χ0v) is 14.5. The summed E-state index contributed by atoms with van der Waals surface area (Å²) in [6.07, 6.45) is 0.341. The van der Waals surface area contributed by atoms with Gasteiger partial charge in [-0.15, -0.1) is 10.2 Å². The zero-order chi connectivity index (χ0) is 19.0. The van der Waals surface area contributed by atoms with Gasteiger partial charge in [-0.05, 0) is 31.2 Å². The molecule has 136 valence electrons. The van der Waals surface area contributed by atoms with Crippen LogP contribution in [0.15, 0.2) is 36.4 Å². The number of likely N-dealkylation sites (tertiary alicyclic amines) is 1. The minimum Gasteiger partial charge on any atom is -0.325 e. The van der Waals surface area contributed by atoms with E-state index in [4.69, 9.17) is 0 Å². The molecule has 3 heterocycles. The minimum atomic E-state index is -0.411. The van der Waals surface area contributed by atoms with Gasteiger partial charge in [-0.1, -0.05) is 12.1 Å². The first-order valence-corrected chi connectivity index (χ1v) is 8.44. The van der Waals surface area contributed by atoms with Crippen molar-refractivity contribution in [2.24, 2.45) is 0 Å². The minimum absolute atomic E-state index is 0.171. The molecule has 1 aromatic carbocycles. The van der Waals surface area contributed by atoms with E-state index in [1.54, 1.807) is 16.6 Å². The van der Waals surface area contributed by atoms with Gasteiger partial charge in [-0.3, -0.25) is 19.3 Å². The summed E-state index contributed by atoms with van der Waals surface area (Å²) in [5, 5.41) is 15.2. The molecule has 3 amide bonds. The Morgan fingerprint density at radius 2 is 1.74 bits per heavy atom. The number of imide groups is 1. The van der Waals surface area contributed by atoms with Gasteiger partial charge >= 0.3 is 0 Å². The summed E-state index contributed by atoms with van der Waals surface area (Å²) < 4.78 is 1.66. The molecule has 4 rings (SSSR count). The number of hydrogen-bond acceptors (Lipinski definition) is 6. The molecule has 27 heavy (non-hydrogen) atoms. The molecule has 2 aromatic heterocycles. The molecular weight excluding hydrogens is 348 g/mol. The normalized spacial score (nSPS) is 14.2. The van der Waals surface area contributed by atoms with E-state index >= 15 is 0 Å². The number of carbonyl (C=O) groups is 3. The third kappa shape index (κ3) is 3.26. The van der Waals surface area contributed by atoms with E-state index in [1.807, 2.05) is 31.2 Å². The van der Waals surface area contributed by atoms with E-state index in [9.17, 15) is 14.4 Å². The summed E-state index contributed by atoms with van der Waals surface area (Å²) in [5.74, 6) is -0.333. The largest absolute Gasteiger partial charge is 0.325 e. The van der Waals surface area contributed by atoms with E-state index in [0.717, 1.165) is 16.2 Å². The van der Waals surface area contributed by atoms with Crippen molar-refractivity contribution in [3.63, 3.8) is 0 Å². The Hall–Kier alpha value is -3.62. The van der Waals surface area contributed by atoms with E-state index in [1.165, 1.54) is 0 Å². The lowest BCUT2D eigenvalue weighted by Crippen LogP contribution is -2.36.